The minimum atomic E-state index is -0.869. The summed E-state index contributed by atoms with van der Waals surface area (Å²) in [6, 6.07) is 2.54. The van der Waals surface area contributed by atoms with Crippen molar-refractivity contribution < 1.29 is 19.6 Å². The van der Waals surface area contributed by atoms with Gasteiger partial charge >= 0.3 is 11.8 Å². The van der Waals surface area contributed by atoms with Gasteiger partial charge in [0, 0.05) is 12.6 Å². The van der Waals surface area contributed by atoms with Crippen molar-refractivity contribution in [3.8, 4) is 0 Å². The number of aromatic amines is 1. The Morgan fingerprint density at radius 1 is 1.53 bits per heavy atom. The van der Waals surface area contributed by atoms with Gasteiger partial charge in [0.2, 0.25) is 0 Å². The molecular weight excluding hydrogens is 254 g/mol. The van der Waals surface area contributed by atoms with E-state index < -0.39 is 22.7 Å². The van der Waals surface area contributed by atoms with Gasteiger partial charge in [-0.05, 0) is 23.8 Å². The summed E-state index contributed by atoms with van der Waals surface area (Å²) in [5.41, 5.74) is 0.109. The first-order valence-corrected chi connectivity index (χ1v) is 5.76. The number of rotatable bonds is 7. The predicted octanol–water partition coefficient (Wildman–Crippen LogP) is 1.15. The van der Waals surface area contributed by atoms with E-state index in [2.05, 4.69) is 10.3 Å². The van der Waals surface area contributed by atoms with E-state index in [0.717, 1.165) is 0 Å². The molecule has 0 saturated carbocycles. The molecule has 104 valence electrons. The molecule has 1 amide bonds. The first-order valence-electron chi connectivity index (χ1n) is 5.76. The van der Waals surface area contributed by atoms with Gasteiger partial charge in [0.15, 0.2) is 5.69 Å². The van der Waals surface area contributed by atoms with Crippen LogP contribution in [-0.4, -0.2) is 33.4 Å². The molecule has 0 radical (unpaired) electrons. The van der Waals surface area contributed by atoms with Crippen LogP contribution in [-0.2, 0) is 4.79 Å². The average molecular weight is 269 g/mol. The number of aliphatic carboxylic acids is 1. The molecule has 19 heavy (non-hydrogen) atoms. The van der Waals surface area contributed by atoms with Gasteiger partial charge in [0.05, 0.1) is 5.92 Å². The Kier molecular flexibility index (Phi) is 5.04. The lowest BCUT2D eigenvalue weighted by atomic mass is 10.1. The van der Waals surface area contributed by atoms with Crippen molar-refractivity contribution in [3.63, 3.8) is 0 Å². The molecule has 0 saturated heterocycles. The second-order valence-corrected chi connectivity index (χ2v) is 4.15. The molecule has 0 fully saturated rings. The Morgan fingerprint density at radius 2 is 2.21 bits per heavy atom. The number of carboxylic acids is 1. The molecule has 3 N–H and O–H groups in total. The van der Waals surface area contributed by atoms with Crippen LogP contribution in [0.15, 0.2) is 12.1 Å². The second kappa shape index (κ2) is 6.53. The highest BCUT2D eigenvalue weighted by molar-refractivity contribution is 5.92. The summed E-state index contributed by atoms with van der Waals surface area (Å²) < 4.78 is 0. The van der Waals surface area contributed by atoms with Crippen LogP contribution in [0, 0.1) is 16.0 Å². The van der Waals surface area contributed by atoms with E-state index >= 15 is 0 Å². The molecule has 8 nitrogen and oxygen atoms in total. The zero-order chi connectivity index (χ0) is 14.4. The van der Waals surface area contributed by atoms with Crippen LogP contribution in [0.3, 0.4) is 0 Å². The molecule has 1 aromatic heterocycles. The van der Waals surface area contributed by atoms with Gasteiger partial charge in [0.25, 0.3) is 5.91 Å². The Balaban J connectivity index is 2.35. The monoisotopic (exact) mass is 269 g/mol. The number of carbonyl (C=O) groups is 2. The highest BCUT2D eigenvalue weighted by Crippen LogP contribution is 2.10. The Morgan fingerprint density at radius 3 is 2.74 bits per heavy atom. The number of carboxylic acid groups (broad SMARTS) is 1. The number of aromatic nitrogens is 1. The summed E-state index contributed by atoms with van der Waals surface area (Å²) in [6.07, 6.45) is 0.989. The number of nitrogens with one attached hydrogen (secondary N) is 2. The molecule has 1 aromatic rings. The summed E-state index contributed by atoms with van der Waals surface area (Å²) in [7, 11) is 0. The maximum absolute atomic E-state index is 11.6. The molecular formula is C11H15N3O5. The fourth-order valence-electron chi connectivity index (χ4n) is 1.45. The van der Waals surface area contributed by atoms with Gasteiger partial charge in [-0.25, -0.2) is 4.98 Å². The molecule has 8 heteroatoms. The molecule has 0 aliphatic heterocycles. The Bertz CT molecular complexity index is 482. The lowest BCUT2D eigenvalue weighted by molar-refractivity contribution is -0.389. The molecule has 0 aliphatic carbocycles. The third kappa shape index (κ3) is 4.41. The number of H-pyrrole nitrogens is 1. The topological polar surface area (TPSA) is 125 Å². The van der Waals surface area contributed by atoms with E-state index in [1.165, 1.54) is 12.1 Å². The number of amides is 1. The lowest BCUT2D eigenvalue weighted by Gasteiger charge is -2.06. The van der Waals surface area contributed by atoms with E-state index in [-0.39, 0.29) is 11.5 Å². The molecule has 0 aromatic carbocycles. The van der Waals surface area contributed by atoms with Crippen LogP contribution in [0.2, 0.25) is 0 Å². The van der Waals surface area contributed by atoms with Crippen LogP contribution in [0.4, 0.5) is 5.82 Å². The number of hydrogen-bond donors (Lipinski definition) is 3. The highest BCUT2D eigenvalue weighted by atomic mass is 16.6. The van der Waals surface area contributed by atoms with Crippen molar-refractivity contribution in [2.75, 3.05) is 6.54 Å². The largest absolute Gasteiger partial charge is 0.481 e. The SMILES string of the molecule is CC(CCCNC(=O)c1ccc([N+](=O)[O-])[nH]1)C(=O)O. The van der Waals surface area contributed by atoms with Gasteiger partial charge in [-0.15, -0.1) is 0 Å². The molecule has 0 bridgehead atoms. The number of hydrogen-bond acceptors (Lipinski definition) is 4. The van der Waals surface area contributed by atoms with Crippen molar-refractivity contribution >= 4 is 17.7 Å². The molecule has 1 heterocycles. The third-order valence-electron chi connectivity index (χ3n) is 2.63. The van der Waals surface area contributed by atoms with Gasteiger partial charge in [-0.2, -0.15) is 0 Å². The van der Waals surface area contributed by atoms with Crippen LogP contribution in [0.1, 0.15) is 30.3 Å². The smallest absolute Gasteiger partial charge is 0.321 e. The van der Waals surface area contributed by atoms with Crippen molar-refractivity contribution in [1.29, 1.82) is 0 Å². The first-order chi connectivity index (χ1) is 8.91. The summed E-state index contributed by atoms with van der Waals surface area (Å²) in [5, 5.41) is 21.6. The predicted molar refractivity (Wildman–Crippen MR) is 65.8 cm³/mol. The average Bonchev–Trinajstić information content (AvgIpc) is 2.83. The quantitative estimate of drug-likeness (QED) is 0.389. The van der Waals surface area contributed by atoms with Gasteiger partial charge in [-0.3, -0.25) is 9.59 Å². The Hall–Kier alpha value is -2.38. The van der Waals surface area contributed by atoms with E-state index in [9.17, 15) is 19.7 Å². The molecule has 1 rings (SSSR count). The van der Waals surface area contributed by atoms with Crippen LogP contribution in [0.25, 0.3) is 0 Å². The van der Waals surface area contributed by atoms with Crippen molar-refractivity contribution in [2.45, 2.75) is 19.8 Å². The van der Waals surface area contributed by atoms with Crippen molar-refractivity contribution in [3.05, 3.63) is 27.9 Å². The molecule has 1 unspecified atom stereocenters. The summed E-state index contributed by atoms with van der Waals surface area (Å²) >= 11 is 0. The maximum atomic E-state index is 11.6. The van der Waals surface area contributed by atoms with Gasteiger partial charge in [-0.1, -0.05) is 6.92 Å². The van der Waals surface area contributed by atoms with E-state index in [1.54, 1.807) is 6.92 Å². The normalized spacial score (nSPS) is 11.8. The van der Waals surface area contributed by atoms with E-state index in [1.807, 2.05) is 0 Å². The fraction of sp³-hybridized carbons (Fsp3) is 0.455. The minimum Gasteiger partial charge on any atom is -0.481 e. The van der Waals surface area contributed by atoms with Gasteiger partial charge in [0.1, 0.15) is 0 Å². The molecule has 0 aliphatic rings. The number of carbonyl (C=O) groups excluding carboxylic acids is 1. The second-order valence-electron chi connectivity index (χ2n) is 4.15. The summed E-state index contributed by atoms with van der Waals surface area (Å²) in [5.74, 6) is -2.02. The van der Waals surface area contributed by atoms with E-state index in [0.29, 0.717) is 19.4 Å². The fourth-order valence-corrected chi connectivity index (χ4v) is 1.45. The Labute approximate surface area is 109 Å². The standard InChI is InChI=1S/C11H15N3O5/c1-7(11(16)17)3-2-6-12-10(15)8-4-5-9(13-8)14(18)19/h4-5,7,13H,2-3,6H2,1H3,(H,12,15)(H,16,17). The summed E-state index contributed by atoms with van der Waals surface area (Å²) in [4.78, 5) is 34.3. The molecule has 0 spiro atoms. The van der Waals surface area contributed by atoms with Crippen LogP contribution < -0.4 is 5.32 Å². The first kappa shape index (κ1) is 14.7. The zero-order valence-electron chi connectivity index (χ0n) is 10.4. The highest BCUT2D eigenvalue weighted by Gasteiger charge is 2.15. The zero-order valence-corrected chi connectivity index (χ0v) is 10.4. The third-order valence-corrected chi connectivity index (χ3v) is 2.63. The van der Waals surface area contributed by atoms with Crippen LogP contribution >= 0.6 is 0 Å². The van der Waals surface area contributed by atoms with Crippen LogP contribution in [0.5, 0.6) is 0 Å². The van der Waals surface area contributed by atoms with Crippen molar-refractivity contribution in [1.82, 2.24) is 10.3 Å². The number of nitro groups is 1. The van der Waals surface area contributed by atoms with Crippen molar-refractivity contribution in [2.24, 2.45) is 5.92 Å². The molecule has 1 atom stereocenters. The van der Waals surface area contributed by atoms with E-state index in [4.69, 9.17) is 5.11 Å². The number of nitrogens with zero attached hydrogens (tertiary/aromatic N) is 1. The lowest BCUT2D eigenvalue weighted by Crippen LogP contribution is -2.25. The maximum Gasteiger partial charge on any atom is 0.321 e. The summed E-state index contributed by atoms with van der Waals surface area (Å²) in [6.45, 7) is 1.92. The van der Waals surface area contributed by atoms with Gasteiger partial charge < -0.3 is 20.5 Å². The minimum absolute atomic E-state index is 0.109.